The normalized spacial score (nSPS) is 16.1. The van der Waals surface area contributed by atoms with Crippen LogP contribution in [0.15, 0.2) is 12.3 Å². The standard InChI is InChI=1S/C24H33ClN4O4S2/c1-6-28(11-9-21(31)33-24(3,4)5)14-20(30)29-10-7-8-17(29)18-12-16(15(2)34-18)22(32)27-23-26-13-19(25)35-23/h12-13,17H,6-11,14H2,1-5H3,(H,26,27,32). The van der Waals surface area contributed by atoms with Gasteiger partial charge in [-0.05, 0) is 53.1 Å². The molecule has 1 unspecified atom stereocenters. The van der Waals surface area contributed by atoms with Crippen LogP contribution >= 0.6 is 34.3 Å². The number of aromatic nitrogens is 1. The van der Waals surface area contributed by atoms with Gasteiger partial charge in [0, 0.05) is 22.8 Å². The van der Waals surface area contributed by atoms with E-state index in [2.05, 4.69) is 10.3 Å². The smallest absolute Gasteiger partial charge is 0.307 e. The van der Waals surface area contributed by atoms with Crippen LogP contribution in [0.5, 0.6) is 0 Å². The number of likely N-dealkylation sites (N-methyl/N-ethyl adjacent to an activating group) is 1. The number of carbonyl (C=O) groups is 3. The summed E-state index contributed by atoms with van der Waals surface area (Å²) in [5.41, 5.74) is 0.0671. The number of nitrogens with one attached hydrogen (secondary N) is 1. The molecule has 1 aliphatic rings. The Morgan fingerprint density at radius 1 is 1.31 bits per heavy atom. The van der Waals surface area contributed by atoms with Crippen molar-refractivity contribution in [1.82, 2.24) is 14.8 Å². The molecule has 1 N–H and O–H groups in total. The molecule has 1 atom stereocenters. The van der Waals surface area contributed by atoms with Gasteiger partial charge in [-0.3, -0.25) is 24.6 Å². The highest BCUT2D eigenvalue weighted by Gasteiger charge is 2.32. The van der Waals surface area contributed by atoms with E-state index in [-0.39, 0.29) is 36.8 Å². The molecule has 2 aromatic heterocycles. The Hall–Kier alpha value is -2.01. The number of hydrogen-bond donors (Lipinski definition) is 1. The van der Waals surface area contributed by atoms with Gasteiger partial charge in [0.1, 0.15) is 9.94 Å². The van der Waals surface area contributed by atoms with Crippen molar-refractivity contribution >= 4 is 57.2 Å². The molecule has 8 nitrogen and oxygen atoms in total. The van der Waals surface area contributed by atoms with Crippen LogP contribution in [0.25, 0.3) is 0 Å². The lowest BCUT2D eigenvalue weighted by Crippen LogP contribution is -2.41. The monoisotopic (exact) mass is 540 g/mol. The number of anilines is 1. The van der Waals surface area contributed by atoms with Crippen LogP contribution in [0.3, 0.4) is 0 Å². The van der Waals surface area contributed by atoms with Crippen molar-refractivity contribution in [2.45, 2.75) is 65.5 Å². The molecule has 192 valence electrons. The first kappa shape index (κ1) is 27.6. The van der Waals surface area contributed by atoms with E-state index in [0.717, 1.165) is 22.6 Å². The third kappa shape index (κ3) is 7.73. The lowest BCUT2D eigenvalue weighted by atomic mass is 10.1. The van der Waals surface area contributed by atoms with Gasteiger partial charge >= 0.3 is 5.97 Å². The van der Waals surface area contributed by atoms with E-state index in [9.17, 15) is 14.4 Å². The summed E-state index contributed by atoms with van der Waals surface area (Å²) >= 11 is 8.66. The van der Waals surface area contributed by atoms with Crippen molar-refractivity contribution in [1.29, 1.82) is 0 Å². The molecule has 0 aromatic carbocycles. The minimum Gasteiger partial charge on any atom is -0.460 e. The number of nitrogens with zero attached hydrogens (tertiary/aromatic N) is 3. The molecule has 3 rings (SSSR count). The van der Waals surface area contributed by atoms with Gasteiger partial charge in [0.15, 0.2) is 5.13 Å². The number of ether oxygens (including phenoxy) is 1. The van der Waals surface area contributed by atoms with Crippen LogP contribution in [0, 0.1) is 6.92 Å². The van der Waals surface area contributed by atoms with Crippen LogP contribution in [0.2, 0.25) is 4.34 Å². The molecule has 0 saturated carbocycles. The average molecular weight is 541 g/mol. The molecular formula is C24H33ClN4O4S2. The maximum Gasteiger partial charge on any atom is 0.307 e. The second-order valence-corrected chi connectivity index (χ2v) is 12.4. The van der Waals surface area contributed by atoms with E-state index in [1.165, 1.54) is 17.5 Å². The maximum absolute atomic E-state index is 13.2. The first-order valence-corrected chi connectivity index (χ1v) is 13.7. The number of likely N-dealkylation sites (tertiary alicyclic amines) is 1. The predicted molar refractivity (Wildman–Crippen MR) is 140 cm³/mol. The van der Waals surface area contributed by atoms with Gasteiger partial charge < -0.3 is 9.64 Å². The van der Waals surface area contributed by atoms with Crippen LogP contribution < -0.4 is 5.32 Å². The summed E-state index contributed by atoms with van der Waals surface area (Å²) in [6, 6.07) is 1.84. The summed E-state index contributed by atoms with van der Waals surface area (Å²) < 4.78 is 5.89. The molecule has 0 aliphatic carbocycles. The number of amides is 2. The molecule has 1 aliphatic heterocycles. The van der Waals surface area contributed by atoms with Crippen LogP contribution in [-0.2, 0) is 14.3 Å². The van der Waals surface area contributed by atoms with Crippen molar-refractivity contribution in [2.24, 2.45) is 0 Å². The maximum atomic E-state index is 13.2. The summed E-state index contributed by atoms with van der Waals surface area (Å²) in [6.45, 7) is 11.5. The fourth-order valence-electron chi connectivity index (χ4n) is 4.01. The van der Waals surface area contributed by atoms with Crippen molar-refractivity contribution < 1.29 is 19.1 Å². The van der Waals surface area contributed by atoms with Gasteiger partial charge in [-0.15, -0.1) is 11.3 Å². The zero-order valence-electron chi connectivity index (χ0n) is 20.9. The van der Waals surface area contributed by atoms with Gasteiger partial charge in [-0.1, -0.05) is 29.9 Å². The molecule has 2 amide bonds. The minimum absolute atomic E-state index is 0.0352. The van der Waals surface area contributed by atoms with Crippen LogP contribution in [0.1, 0.15) is 73.1 Å². The zero-order chi connectivity index (χ0) is 25.8. The van der Waals surface area contributed by atoms with E-state index in [0.29, 0.717) is 34.7 Å². The lowest BCUT2D eigenvalue weighted by Gasteiger charge is -2.28. The number of esters is 1. The van der Waals surface area contributed by atoms with Crippen LogP contribution in [0.4, 0.5) is 5.13 Å². The van der Waals surface area contributed by atoms with E-state index in [1.807, 2.05) is 50.5 Å². The molecule has 2 aromatic rings. The Morgan fingerprint density at radius 3 is 2.69 bits per heavy atom. The van der Waals surface area contributed by atoms with Crippen molar-refractivity contribution in [3.8, 4) is 0 Å². The average Bonchev–Trinajstić information content (AvgIpc) is 3.49. The highest BCUT2D eigenvalue weighted by molar-refractivity contribution is 7.19. The number of aryl methyl sites for hydroxylation is 1. The Morgan fingerprint density at radius 2 is 2.06 bits per heavy atom. The number of carbonyl (C=O) groups excluding carboxylic acids is 3. The molecule has 11 heteroatoms. The molecule has 0 bridgehead atoms. The second kappa shape index (κ2) is 11.8. The number of rotatable bonds is 9. The summed E-state index contributed by atoms with van der Waals surface area (Å²) in [4.78, 5) is 47.9. The summed E-state index contributed by atoms with van der Waals surface area (Å²) in [6.07, 6.45) is 3.52. The highest BCUT2D eigenvalue weighted by atomic mass is 35.5. The topological polar surface area (TPSA) is 91.8 Å². The van der Waals surface area contributed by atoms with Crippen molar-refractivity contribution in [3.05, 3.63) is 31.9 Å². The number of thiazole rings is 1. The number of thiophene rings is 1. The first-order chi connectivity index (χ1) is 16.5. The van der Waals surface area contributed by atoms with Crippen molar-refractivity contribution in [3.63, 3.8) is 0 Å². The first-order valence-electron chi connectivity index (χ1n) is 11.7. The van der Waals surface area contributed by atoms with Gasteiger partial charge in [0.2, 0.25) is 5.91 Å². The van der Waals surface area contributed by atoms with E-state index in [1.54, 1.807) is 11.3 Å². The highest BCUT2D eigenvalue weighted by Crippen LogP contribution is 2.38. The fraction of sp³-hybridized carbons (Fsp3) is 0.583. The Bertz CT molecular complexity index is 1060. The molecule has 3 heterocycles. The van der Waals surface area contributed by atoms with Gasteiger partial charge in [0.25, 0.3) is 5.91 Å². The third-order valence-electron chi connectivity index (χ3n) is 5.64. The van der Waals surface area contributed by atoms with Crippen LogP contribution in [-0.4, -0.2) is 64.3 Å². The molecule has 1 fully saturated rings. The van der Waals surface area contributed by atoms with Gasteiger partial charge in [-0.2, -0.15) is 0 Å². The number of halogens is 1. The van der Waals surface area contributed by atoms with E-state index >= 15 is 0 Å². The summed E-state index contributed by atoms with van der Waals surface area (Å²) in [5.74, 6) is -0.457. The second-order valence-electron chi connectivity index (χ2n) is 9.49. The Kier molecular flexibility index (Phi) is 9.31. The third-order valence-corrected chi connectivity index (χ3v) is 7.82. The Labute approximate surface area is 219 Å². The Balaban J connectivity index is 1.62. The molecule has 0 radical (unpaired) electrons. The van der Waals surface area contributed by atoms with Crippen molar-refractivity contribution in [2.75, 3.05) is 31.5 Å². The largest absolute Gasteiger partial charge is 0.460 e. The lowest BCUT2D eigenvalue weighted by molar-refractivity contribution is -0.155. The SMILES string of the molecule is CCN(CCC(=O)OC(C)(C)C)CC(=O)N1CCCC1c1cc(C(=O)Nc2ncc(Cl)s2)c(C)s1. The van der Waals surface area contributed by atoms with E-state index < -0.39 is 5.60 Å². The molecule has 1 saturated heterocycles. The molecular weight excluding hydrogens is 508 g/mol. The van der Waals surface area contributed by atoms with E-state index in [4.69, 9.17) is 16.3 Å². The minimum atomic E-state index is -0.519. The van der Waals surface area contributed by atoms with Gasteiger partial charge in [0.05, 0.1) is 30.8 Å². The zero-order valence-corrected chi connectivity index (χ0v) is 23.2. The summed E-state index contributed by atoms with van der Waals surface area (Å²) in [7, 11) is 0. The number of hydrogen-bond acceptors (Lipinski definition) is 8. The predicted octanol–water partition coefficient (Wildman–Crippen LogP) is 5.14. The molecule has 35 heavy (non-hydrogen) atoms. The quantitative estimate of drug-likeness (QED) is 0.443. The molecule has 0 spiro atoms. The fourth-order valence-corrected chi connectivity index (χ4v) is 5.99. The summed E-state index contributed by atoms with van der Waals surface area (Å²) in [5, 5.41) is 3.25. The van der Waals surface area contributed by atoms with Gasteiger partial charge in [-0.25, -0.2) is 4.98 Å².